The number of nitrogens with two attached hydrogens (primary N) is 1. The summed E-state index contributed by atoms with van der Waals surface area (Å²) in [7, 11) is 0. The third-order valence-electron chi connectivity index (χ3n) is 2.87. The normalized spacial score (nSPS) is 12.4. The molecule has 0 aliphatic carbocycles. The number of benzene rings is 1. The highest BCUT2D eigenvalue weighted by Crippen LogP contribution is 2.18. The summed E-state index contributed by atoms with van der Waals surface area (Å²) in [5.41, 5.74) is 9.12. The van der Waals surface area contributed by atoms with E-state index in [4.69, 9.17) is 10.8 Å². The lowest BCUT2D eigenvalue weighted by Gasteiger charge is -2.15. The van der Waals surface area contributed by atoms with Gasteiger partial charge in [-0.1, -0.05) is 32.0 Å². The van der Waals surface area contributed by atoms with Gasteiger partial charge in [0.2, 0.25) is 0 Å². The van der Waals surface area contributed by atoms with Crippen molar-refractivity contribution in [1.29, 1.82) is 0 Å². The van der Waals surface area contributed by atoms with Crippen molar-refractivity contribution in [3.8, 4) is 0 Å². The Kier molecular flexibility index (Phi) is 4.50. The van der Waals surface area contributed by atoms with E-state index in [9.17, 15) is 4.79 Å². The Labute approximate surface area is 96.3 Å². The van der Waals surface area contributed by atoms with E-state index in [0.717, 1.165) is 18.4 Å². The molecule has 0 amide bonds. The van der Waals surface area contributed by atoms with Gasteiger partial charge in [0.15, 0.2) is 0 Å². The predicted octanol–water partition coefficient (Wildman–Crippen LogP) is 1.77. The van der Waals surface area contributed by atoms with Crippen LogP contribution in [0.25, 0.3) is 0 Å². The van der Waals surface area contributed by atoms with E-state index in [2.05, 4.69) is 13.8 Å². The number of carboxylic acid groups (broad SMARTS) is 1. The number of rotatable bonds is 5. The summed E-state index contributed by atoms with van der Waals surface area (Å²) in [6, 6.07) is 5.30. The minimum atomic E-state index is -0.937. The Morgan fingerprint density at radius 2 is 1.81 bits per heavy atom. The van der Waals surface area contributed by atoms with Gasteiger partial charge in [-0.15, -0.1) is 0 Å². The van der Waals surface area contributed by atoms with E-state index in [-0.39, 0.29) is 0 Å². The molecule has 1 unspecified atom stereocenters. The van der Waals surface area contributed by atoms with Gasteiger partial charge in [-0.3, -0.25) is 4.79 Å². The molecule has 0 saturated heterocycles. The highest BCUT2D eigenvalue weighted by atomic mass is 16.4. The zero-order valence-corrected chi connectivity index (χ0v) is 9.86. The summed E-state index contributed by atoms with van der Waals surface area (Å²) in [6.45, 7) is 4.15. The molecular weight excluding hydrogens is 202 g/mol. The number of aliphatic carboxylic acids is 1. The monoisotopic (exact) mass is 221 g/mol. The molecule has 1 rings (SSSR count). The SMILES string of the molecule is CCc1cccc(CC)c1CC(N)C(=O)O. The van der Waals surface area contributed by atoms with Crippen LogP contribution in [-0.4, -0.2) is 17.1 Å². The number of aryl methyl sites for hydroxylation is 2. The molecule has 0 heterocycles. The summed E-state index contributed by atoms with van der Waals surface area (Å²) in [6.07, 6.45) is 2.24. The summed E-state index contributed by atoms with van der Waals surface area (Å²) in [5, 5.41) is 8.85. The maximum atomic E-state index is 10.8. The average molecular weight is 221 g/mol. The zero-order chi connectivity index (χ0) is 12.1. The topological polar surface area (TPSA) is 63.3 Å². The first-order chi connectivity index (χ1) is 7.60. The molecule has 0 aromatic heterocycles. The van der Waals surface area contributed by atoms with E-state index >= 15 is 0 Å². The number of carboxylic acids is 1. The lowest BCUT2D eigenvalue weighted by Crippen LogP contribution is -2.33. The van der Waals surface area contributed by atoms with Crippen molar-refractivity contribution in [2.45, 2.75) is 39.2 Å². The first-order valence-corrected chi connectivity index (χ1v) is 5.68. The molecule has 0 radical (unpaired) electrons. The van der Waals surface area contributed by atoms with Gasteiger partial charge < -0.3 is 10.8 Å². The fourth-order valence-corrected chi connectivity index (χ4v) is 1.92. The van der Waals surface area contributed by atoms with Crippen LogP contribution in [0.15, 0.2) is 18.2 Å². The average Bonchev–Trinajstić information content (AvgIpc) is 2.29. The molecule has 0 aliphatic heterocycles. The highest BCUT2D eigenvalue weighted by molar-refractivity contribution is 5.73. The van der Waals surface area contributed by atoms with E-state index in [0.29, 0.717) is 6.42 Å². The first-order valence-electron chi connectivity index (χ1n) is 5.68. The molecule has 3 heteroatoms. The lowest BCUT2D eigenvalue weighted by molar-refractivity contribution is -0.138. The van der Waals surface area contributed by atoms with Gasteiger partial charge in [-0.25, -0.2) is 0 Å². The van der Waals surface area contributed by atoms with Crippen LogP contribution in [0.5, 0.6) is 0 Å². The second-order valence-corrected chi connectivity index (χ2v) is 3.91. The summed E-state index contributed by atoms with van der Waals surface area (Å²) < 4.78 is 0. The maximum absolute atomic E-state index is 10.8. The Hall–Kier alpha value is -1.35. The Morgan fingerprint density at radius 1 is 1.31 bits per heavy atom. The van der Waals surface area contributed by atoms with Gasteiger partial charge in [0.05, 0.1) is 0 Å². The zero-order valence-electron chi connectivity index (χ0n) is 9.86. The lowest BCUT2D eigenvalue weighted by atomic mass is 9.93. The number of hydrogen-bond donors (Lipinski definition) is 2. The van der Waals surface area contributed by atoms with Crippen LogP contribution in [-0.2, 0) is 24.1 Å². The summed E-state index contributed by atoms with van der Waals surface area (Å²) in [4.78, 5) is 10.8. The second-order valence-electron chi connectivity index (χ2n) is 3.91. The standard InChI is InChI=1S/C13H19NO2/c1-3-9-6-5-7-10(4-2)11(9)8-12(14)13(15)16/h5-7,12H,3-4,8,14H2,1-2H3,(H,15,16). The molecule has 88 valence electrons. The Balaban J connectivity index is 3.04. The van der Waals surface area contributed by atoms with Crippen molar-refractivity contribution >= 4 is 5.97 Å². The molecule has 1 atom stereocenters. The van der Waals surface area contributed by atoms with Crippen LogP contribution in [0, 0.1) is 0 Å². The molecule has 0 fully saturated rings. The molecule has 0 spiro atoms. The molecule has 0 aliphatic rings. The number of carbonyl (C=O) groups is 1. The van der Waals surface area contributed by atoms with Gasteiger partial charge in [0, 0.05) is 0 Å². The molecule has 16 heavy (non-hydrogen) atoms. The molecule has 1 aromatic carbocycles. The fourth-order valence-electron chi connectivity index (χ4n) is 1.92. The minimum absolute atomic E-state index is 0.419. The molecule has 3 N–H and O–H groups in total. The molecular formula is C13H19NO2. The Morgan fingerprint density at radius 3 is 2.19 bits per heavy atom. The third-order valence-corrected chi connectivity index (χ3v) is 2.87. The quantitative estimate of drug-likeness (QED) is 0.796. The highest BCUT2D eigenvalue weighted by Gasteiger charge is 2.15. The summed E-state index contributed by atoms with van der Waals surface area (Å²) >= 11 is 0. The fraction of sp³-hybridized carbons (Fsp3) is 0.462. The van der Waals surface area contributed by atoms with Crippen LogP contribution in [0.3, 0.4) is 0 Å². The van der Waals surface area contributed by atoms with Crippen molar-refractivity contribution in [3.05, 3.63) is 34.9 Å². The van der Waals surface area contributed by atoms with Crippen LogP contribution < -0.4 is 5.73 Å². The second kappa shape index (κ2) is 5.66. The van der Waals surface area contributed by atoms with Gasteiger partial charge in [0.1, 0.15) is 6.04 Å². The molecule has 1 aromatic rings. The van der Waals surface area contributed by atoms with Gasteiger partial charge >= 0.3 is 5.97 Å². The van der Waals surface area contributed by atoms with Gasteiger partial charge in [-0.2, -0.15) is 0 Å². The van der Waals surface area contributed by atoms with Crippen molar-refractivity contribution in [2.75, 3.05) is 0 Å². The largest absolute Gasteiger partial charge is 0.480 e. The van der Waals surface area contributed by atoms with Crippen molar-refractivity contribution in [2.24, 2.45) is 5.73 Å². The van der Waals surface area contributed by atoms with E-state index in [1.165, 1.54) is 11.1 Å². The molecule has 0 bridgehead atoms. The number of hydrogen-bond acceptors (Lipinski definition) is 2. The van der Waals surface area contributed by atoms with E-state index < -0.39 is 12.0 Å². The van der Waals surface area contributed by atoms with Crippen LogP contribution >= 0.6 is 0 Å². The van der Waals surface area contributed by atoms with Crippen molar-refractivity contribution < 1.29 is 9.90 Å². The van der Waals surface area contributed by atoms with E-state index in [1.807, 2.05) is 18.2 Å². The molecule has 3 nitrogen and oxygen atoms in total. The minimum Gasteiger partial charge on any atom is -0.480 e. The predicted molar refractivity (Wildman–Crippen MR) is 64.5 cm³/mol. The molecule has 0 saturated carbocycles. The van der Waals surface area contributed by atoms with Gasteiger partial charge in [0.25, 0.3) is 0 Å². The van der Waals surface area contributed by atoms with E-state index in [1.54, 1.807) is 0 Å². The summed E-state index contributed by atoms with van der Waals surface area (Å²) in [5.74, 6) is -0.937. The van der Waals surface area contributed by atoms with Crippen LogP contribution in [0.4, 0.5) is 0 Å². The Bertz CT molecular complexity index is 352. The third kappa shape index (κ3) is 2.83. The first kappa shape index (κ1) is 12.7. The van der Waals surface area contributed by atoms with Crippen molar-refractivity contribution in [1.82, 2.24) is 0 Å². The smallest absolute Gasteiger partial charge is 0.320 e. The van der Waals surface area contributed by atoms with Gasteiger partial charge in [-0.05, 0) is 36.0 Å². The van der Waals surface area contributed by atoms with Crippen molar-refractivity contribution in [3.63, 3.8) is 0 Å². The van der Waals surface area contributed by atoms with Crippen LogP contribution in [0.2, 0.25) is 0 Å². The van der Waals surface area contributed by atoms with Crippen LogP contribution in [0.1, 0.15) is 30.5 Å². The maximum Gasteiger partial charge on any atom is 0.320 e.